The van der Waals surface area contributed by atoms with E-state index >= 15 is 0 Å². The van der Waals surface area contributed by atoms with Gasteiger partial charge in [-0.25, -0.2) is 4.79 Å². The lowest BCUT2D eigenvalue weighted by Gasteiger charge is -2.33. The van der Waals surface area contributed by atoms with Gasteiger partial charge in [0.25, 0.3) is 11.6 Å². The minimum atomic E-state index is -0.718. The van der Waals surface area contributed by atoms with E-state index in [4.69, 9.17) is 4.74 Å². The first-order chi connectivity index (χ1) is 13.9. The van der Waals surface area contributed by atoms with Crippen molar-refractivity contribution in [3.63, 3.8) is 0 Å². The number of hydrogen-bond acceptors (Lipinski definition) is 6. The zero-order chi connectivity index (χ0) is 21.0. The molecule has 2 aliphatic heterocycles. The molecule has 2 heterocycles. The standard InChI is InChI=1S/C21H29N3O5/c1-15-6-5-10-22(13-15)18-9-8-17(12-19(18)24(27)28)21(26)29-14-20(25)23-11-4-3-7-16(23)2/h8-9,12,15-16H,3-7,10-11,13-14H2,1-2H3/t15-,16-/m0/s1. The number of piperidine rings is 2. The van der Waals surface area contributed by atoms with Crippen molar-refractivity contribution < 1.29 is 19.2 Å². The molecule has 3 rings (SSSR count). The highest BCUT2D eigenvalue weighted by molar-refractivity contribution is 5.93. The summed E-state index contributed by atoms with van der Waals surface area (Å²) < 4.78 is 5.16. The molecule has 1 aromatic carbocycles. The maximum absolute atomic E-state index is 12.4. The van der Waals surface area contributed by atoms with Crippen molar-refractivity contribution in [3.8, 4) is 0 Å². The summed E-state index contributed by atoms with van der Waals surface area (Å²) in [6.07, 6.45) is 5.09. The number of nitrogens with zero attached hydrogens (tertiary/aromatic N) is 3. The normalized spacial score (nSPS) is 22.3. The Kier molecular flexibility index (Phi) is 6.71. The van der Waals surface area contributed by atoms with Gasteiger partial charge in [0.2, 0.25) is 0 Å². The number of likely N-dealkylation sites (tertiary alicyclic amines) is 1. The van der Waals surface area contributed by atoms with Gasteiger partial charge in [0.15, 0.2) is 6.61 Å². The molecule has 1 aromatic rings. The van der Waals surface area contributed by atoms with Crippen LogP contribution in [0.15, 0.2) is 18.2 Å². The van der Waals surface area contributed by atoms with E-state index in [-0.39, 0.29) is 29.8 Å². The molecule has 0 spiro atoms. The van der Waals surface area contributed by atoms with Crippen LogP contribution in [-0.2, 0) is 9.53 Å². The van der Waals surface area contributed by atoms with Gasteiger partial charge in [-0.2, -0.15) is 0 Å². The van der Waals surface area contributed by atoms with Gasteiger partial charge in [-0.3, -0.25) is 14.9 Å². The predicted octanol–water partition coefficient (Wildman–Crippen LogP) is 3.39. The summed E-state index contributed by atoms with van der Waals surface area (Å²) in [4.78, 5) is 39.6. The maximum Gasteiger partial charge on any atom is 0.338 e. The highest BCUT2D eigenvalue weighted by Crippen LogP contribution is 2.32. The highest BCUT2D eigenvalue weighted by Gasteiger charge is 2.27. The molecule has 8 nitrogen and oxygen atoms in total. The van der Waals surface area contributed by atoms with E-state index < -0.39 is 10.9 Å². The highest BCUT2D eigenvalue weighted by atomic mass is 16.6. The van der Waals surface area contributed by atoms with Gasteiger partial charge in [-0.1, -0.05) is 6.92 Å². The van der Waals surface area contributed by atoms with E-state index in [1.807, 2.05) is 11.8 Å². The van der Waals surface area contributed by atoms with Crippen LogP contribution in [0.2, 0.25) is 0 Å². The zero-order valence-corrected chi connectivity index (χ0v) is 17.1. The number of ether oxygens (including phenoxy) is 1. The van der Waals surface area contributed by atoms with Crippen LogP contribution in [-0.4, -0.2) is 54.0 Å². The molecular formula is C21H29N3O5. The minimum absolute atomic E-state index is 0.0880. The summed E-state index contributed by atoms with van der Waals surface area (Å²) >= 11 is 0. The molecule has 1 amide bonds. The van der Waals surface area contributed by atoms with Gasteiger partial charge >= 0.3 is 5.97 Å². The van der Waals surface area contributed by atoms with Crippen molar-refractivity contribution in [3.05, 3.63) is 33.9 Å². The monoisotopic (exact) mass is 403 g/mol. The van der Waals surface area contributed by atoms with Crippen LogP contribution in [0.4, 0.5) is 11.4 Å². The fourth-order valence-electron chi connectivity index (χ4n) is 4.23. The first kappa shape index (κ1) is 21.1. The first-order valence-corrected chi connectivity index (χ1v) is 10.4. The van der Waals surface area contributed by atoms with E-state index in [1.54, 1.807) is 11.0 Å². The molecule has 0 bridgehead atoms. The second-order valence-corrected chi connectivity index (χ2v) is 8.16. The van der Waals surface area contributed by atoms with Gasteiger partial charge in [0.05, 0.1) is 10.5 Å². The lowest BCUT2D eigenvalue weighted by Crippen LogP contribution is -2.44. The Hall–Kier alpha value is -2.64. The Morgan fingerprint density at radius 3 is 2.66 bits per heavy atom. The van der Waals surface area contributed by atoms with Crippen LogP contribution in [0.1, 0.15) is 56.3 Å². The molecular weight excluding hydrogens is 374 g/mol. The summed E-state index contributed by atoms with van der Waals surface area (Å²) in [5.74, 6) is -0.472. The molecule has 0 aliphatic carbocycles. The molecule has 0 unspecified atom stereocenters. The first-order valence-electron chi connectivity index (χ1n) is 10.4. The average molecular weight is 403 g/mol. The number of amides is 1. The van der Waals surface area contributed by atoms with E-state index in [0.29, 0.717) is 18.2 Å². The second kappa shape index (κ2) is 9.24. The fourth-order valence-corrected chi connectivity index (χ4v) is 4.23. The van der Waals surface area contributed by atoms with E-state index in [1.165, 1.54) is 12.1 Å². The smallest absolute Gasteiger partial charge is 0.338 e. The van der Waals surface area contributed by atoms with Gasteiger partial charge in [0, 0.05) is 31.7 Å². The molecule has 0 N–H and O–H groups in total. The summed E-state index contributed by atoms with van der Waals surface area (Å²) in [6, 6.07) is 4.55. The average Bonchev–Trinajstić information content (AvgIpc) is 2.71. The third-order valence-electron chi connectivity index (χ3n) is 5.86. The van der Waals surface area contributed by atoms with Crippen LogP contribution in [0.3, 0.4) is 0 Å². The van der Waals surface area contributed by atoms with Gasteiger partial charge in [-0.15, -0.1) is 0 Å². The lowest BCUT2D eigenvalue weighted by molar-refractivity contribution is -0.384. The van der Waals surface area contributed by atoms with E-state index in [9.17, 15) is 19.7 Å². The molecule has 2 aliphatic rings. The topological polar surface area (TPSA) is 93.0 Å². The van der Waals surface area contributed by atoms with Crippen molar-refractivity contribution in [2.24, 2.45) is 5.92 Å². The van der Waals surface area contributed by atoms with E-state index in [0.717, 1.165) is 45.2 Å². The Bertz CT molecular complexity index is 782. The second-order valence-electron chi connectivity index (χ2n) is 8.16. The number of hydrogen-bond donors (Lipinski definition) is 0. The number of nitro benzene ring substituents is 1. The van der Waals surface area contributed by atoms with Crippen molar-refractivity contribution in [1.82, 2.24) is 4.90 Å². The van der Waals surface area contributed by atoms with Gasteiger partial charge in [0.1, 0.15) is 5.69 Å². The fraction of sp³-hybridized carbons (Fsp3) is 0.619. The molecule has 2 saturated heterocycles. The minimum Gasteiger partial charge on any atom is -0.452 e. The number of benzene rings is 1. The Morgan fingerprint density at radius 1 is 1.17 bits per heavy atom. The Labute approximate surface area is 171 Å². The number of rotatable bonds is 5. The summed E-state index contributed by atoms with van der Waals surface area (Å²) in [5, 5.41) is 11.6. The number of anilines is 1. The SMILES string of the molecule is C[C@H]1CCCN(c2ccc(C(=O)OCC(=O)N3CCCC[C@@H]3C)cc2[N+](=O)[O-])C1. The van der Waals surface area contributed by atoms with Crippen molar-refractivity contribution in [2.45, 2.75) is 52.0 Å². The zero-order valence-electron chi connectivity index (χ0n) is 17.1. The molecule has 158 valence electrons. The number of nitro groups is 1. The van der Waals surface area contributed by atoms with Crippen LogP contribution >= 0.6 is 0 Å². The van der Waals surface area contributed by atoms with Gasteiger partial charge in [-0.05, 0) is 57.1 Å². The van der Waals surface area contributed by atoms with Gasteiger partial charge < -0.3 is 14.5 Å². The number of esters is 1. The van der Waals surface area contributed by atoms with Crippen molar-refractivity contribution in [1.29, 1.82) is 0 Å². The molecule has 29 heavy (non-hydrogen) atoms. The van der Waals surface area contributed by atoms with Crippen LogP contribution in [0, 0.1) is 16.0 Å². The summed E-state index contributed by atoms with van der Waals surface area (Å²) in [6.45, 7) is 5.96. The molecule has 2 atom stereocenters. The van der Waals surface area contributed by atoms with E-state index in [2.05, 4.69) is 6.92 Å². The summed E-state index contributed by atoms with van der Waals surface area (Å²) in [5.41, 5.74) is 0.505. The Balaban J connectivity index is 1.68. The van der Waals surface area contributed by atoms with Crippen molar-refractivity contribution >= 4 is 23.3 Å². The van der Waals surface area contributed by atoms with Crippen LogP contribution < -0.4 is 4.90 Å². The largest absolute Gasteiger partial charge is 0.452 e. The third-order valence-corrected chi connectivity index (χ3v) is 5.86. The number of carbonyl (C=O) groups is 2. The maximum atomic E-state index is 12.4. The lowest BCUT2D eigenvalue weighted by atomic mass is 9.99. The van der Waals surface area contributed by atoms with Crippen molar-refractivity contribution in [2.75, 3.05) is 31.1 Å². The molecule has 2 fully saturated rings. The quantitative estimate of drug-likeness (QED) is 0.425. The van der Waals surface area contributed by atoms with Crippen LogP contribution in [0.5, 0.6) is 0 Å². The molecule has 0 aromatic heterocycles. The molecule has 8 heteroatoms. The van der Waals surface area contributed by atoms with Crippen LogP contribution in [0.25, 0.3) is 0 Å². The third kappa shape index (κ3) is 5.05. The number of carbonyl (C=O) groups excluding carboxylic acids is 2. The Morgan fingerprint density at radius 2 is 1.97 bits per heavy atom. The molecule has 0 saturated carbocycles. The molecule has 0 radical (unpaired) electrons. The summed E-state index contributed by atoms with van der Waals surface area (Å²) in [7, 11) is 0. The predicted molar refractivity (Wildman–Crippen MR) is 109 cm³/mol.